The van der Waals surface area contributed by atoms with Gasteiger partial charge in [-0.15, -0.1) is 0 Å². The lowest BCUT2D eigenvalue weighted by Crippen LogP contribution is -2.68. The molecule has 0 radical (unpaired) electrons. The van der Waals surface area contributed by atoms with Crippen LogP contribution in [0.2, 0.25) is 0 Å². The summed E-state index contributed by atoms with van der Waals surface area (Å²) in [6, 6.07) is 0. The first-order valence-electron chi connectivity index (χ1n) is 20.4. The van der Waals surface area contributed by atoms with Crippen LogP contribution in [0.3, 0.4) is 0 Å². The number of rotatable bonds is 5. The lowest BCUT2D eigenvalue weighted by molar-refractivity contribution is -0.308. The Balaban J connectivity index is 1.19. The zero-order valence-electron chi connectivity index (χ0n) is 33.1. The van der Waals surface area contributed by atoms with Crippen LogP contribution in [0.15, 0.2) is 11.6 Å². The van der Waals surface area contributed by atoms with E-state index in [1.54, 1.807) is 0 Å². The van der Waals surface area contributed by atoms with Crippen molar-refractivity contribution in [2.24, 2.45) is 50.7 Å². The lowest BCUT2D eigenvalue weighted by Gasteiger charge is -2.72. The summed E-state index contributed by atoms with van der Waals surface area (Å²) in [5.74, 6) is -0.699. The normalized spacial score (nSPS) is 55.6. The predicted molar refractivity (Wildman–Crippen MR) is 193 cm³/mol. The van der Waals surface area contributed by atoms with Crippen molar-refractivity contribution in [1.82, 2.24) is 0 Å². The van der Waals surface area contributed by atoms with Crippen molar-refractivity contribution < 1.29 is 64.6 Å². The van der Waals surface area contributed by atoms with Gasteiger partial charge in [0.25, 0.3) is 0 Å². The average molecular weight is 767 g/mol. The van der Waals surface area contributed by atoms with E-state index in [0.717, 1.165) is 37.7 Å². The molecule has 19 atom stereocenters. The minimum absolute atomic E-state index is 0.0674. The predicted octanol–water partition coefficient (Wildman–Crippen LogP) is 1.93. The molecule has 0 aromatic rings. The summed E-state index contributed by atoms with van der Waals surface area (Å²) in [5, 5.41) is 84.8. The molecule has 0 bridgehead atoms. The van der Waals surface area contributed by atoms with Crippen LogP contribution in [0.1, 0.15) is 106 Å². The molecule has 0 amide bonds. The van der Waals surface area contributed by atoms with Crippen molar-refractivity contribution >= 4 is 5.97 Å². The summed E-state index contributed by atoms with van der Waals surface area (Å²) in [7, 11) is 0. The van der Waals surface area contributed by atoms with Gasteiger partial charge in [0, 0.05) is 5.92 Å². The van der Waals surface area contributed by atoms with Crippen LogP contribution in [0, 0.1) is 50.7 Å². The van der Waals surface area contributed by atoms with Gasteiger partial charge >= 0.3 is 5.97 Å². The van der Waals surface area contributed by atoms with Crippen molar-refractivity contribution in [2.45, 2.75) is 173 Å². The van der Waals surface area contributed by atoms with E-state index in [-0.39, 0.29) is 46.2 Å². The maximum Gasteiger partial charge on any atom is 0.315 e. The van der Waals surface area contributed by atoms with E-state index in [0.29, 0.717) is 31.6 Å². The molecule has 0 spiro atoms. The molecule has 0 aromatic carbocycles. The summed E-state index contributed by atoms with van der Waals surface area (Å²) in [4.78, 5) is 14.6. The number of esters is 1. The maximum atomic E-state index is 14.6. The first-order chi connectivity index (χ1) is 25.1. The van der Waals surface area contributed by atoms with E-state index in [1.165, 1.54) is 0 Å². The highest BCUT2D eigenvalue weighted by Crippen LogP contribution is 2.76. The number of aliphatic hydroxyl groups excluding tert-OH is 7. The third-order valence-electron chi connectivity index (χ3n) is 17.2. The van der Waals surface area contributed by atoms with Crippen LogP contribution in [0.5, 0.6) is 0 Å². The first kappa shape index (κ1) is 40.9. The fourth-order valence-electron chi connectivity index (χ4n) is 13.5. The molecule has 308 valence electrons. The second-order valence-corrected chi connectivity index (χ2v) is 19.9. The number of ether oxygens (including phenoxy) is 4. The Kier molecular flexibility index (Phi) is 10.4. The molecule has 2 saturated heterocycles. The smallest absolute Gasteiger partial charge is 0.315 e. The van der Waals surface area contributed by atoms with Gasteiger partial charge in [0.15, 0.2) is 6.29 Å². The van der Waals surface area contributed by atoms with Crippen LogP contribution >= 0.6 is 0 Å². The van der Waals surface area contributed by atoms with E-state index < -0.39 is 84.8 Å². The Bertz CT molecular complexity index is 1470. The highest BCUT2D eigenvalue weighted by molar-refractivity contribution is 5.79. The number of carbonyl (C=O) groups excluding carboxylic acids is 1. The number of aliphatic hydroxyl groups is 8. The monoisotopic (exact) mass is 766 g/mol. The summed E-state index contributed by atoms with van der Waals surface area (Å²) < 4.78 is 23.7. The molecule has 4 saturated carbocycles. The van der Waals surface area contributed by atoms with E-state index in [4.69, 9.17) is 18.9 Å². The fourth-order valence-corrected chi connectivity index (χ4v) is 13.5. The lowest BCUT2D eigenvalue weighted by atomic mass is 9.33. The van der Waals surface area contributed by atoms with Crippen molar-refractivity contribution in [3.8, 4) is 0 Å². The fraction of sp³-hybridized carbons (Fsp3) is 0.927. The molecule has 13 heteroatoms. The van der Waals surface area contributed by atoms with Crippen molar-refractivity contribution in [1.29, 1.82) is 0 Å². The van der Waals surface area contributed by atoms with Crippen LogP contribution < -0.4 is 0 Å². The summed E-state index contributed by atoms with van der Waals surface area (Å²) >= 11 is 0. The minimum atomic E-state index is -1.72. The van der Waals surface area contributed by atoms with Crippen molar-refractivity contribution in [3.63, 3.8) is 0 Å². The van der Waals surface area contributed by atoms with Gasteiger partial charge in [-0.1, -0.05) is 53.2 Å². The number of allylic oxidation sites excluding steroid dienone is 1. The van der Waals surface area contributed by atoms with Gasteiger partial charge in [0.05, 0.1) is 30.3 Å². The molecular weight excluding hydrogens is 700 g/mol. The van der Waals surface area contributed by atoms with Crippen LogP contribution in [-0.2, 0) is 23.7 Å². The van der Waals surface area contributed by atoms with Gasteiger partial charge in [-0.2, -0.15) is 0 Å². The molecule has 5 aliphatic carbocycles. The Morgan fingerprint density at radius 1 is 0.815 bits per heavy atom. The standard InChI is InChI=1S/C41H66O13/c1-20-10-15-41(35(49)54-34-31(48)29(46)28(45)23(18-42)52-34)17-16-38(5)21(32(41)40(20,7)50)8-9-25-37(4)13-12-26(36(2,3)24(37)11-14-39(25,38)6)53-33-30(47)27(44)22(43)19-51-33/h8,20,22-34,42-48,50H,9-19H2,1-7H3/t20-,22+,23-,24+,25-,26+,27+,28-,29+,30-,31-,32-,33+,34+,37+,38-,39-,40-,41+/m1/s1. The van der Waals surface area contributed by atoms with Gasteiger partial charge in [-0.25, -0.2) is 0 Å². The maximum absolute atomic E-state index is 14.6. The molecule has 54 heavy (non-hydrogen) atoms. The number of fused-ring (bicyclic) bond motifs is 7. The molecule has 0 aromatic heterocycles. The van der Waals surface area contributed by atoms with E-state index in [9.17, 15) is 45.6 Å². The highest BCUT2D eigenvalue weighted by Gasteiger charge is 2.72. The largest absolute Gasteiger partial charge is 0.432 e. The Morgan fingerprint density at radius 3 is 2.19 bits per heavy atom. The molecule has 2 aliphatic heterocycles. The first-order valence-corrected chi connectivity index (χ1v) is 20.4. The number of hydrogen-bond donors (Lipinski definition) is 8. The zero-order valence-corrected chi connectivity index (χ0v) is 33.1. The van der Waals surface area contributed by atoms with Gasteiger partial charge in [0.2, 0.25) is 6.29 Å². The third kappa shape index (κ3) is 5.68. The van der Waals surface area contributed by atoms with E-state index in [2.05, 4.69) is 40.7 Å². The SMILES string of the molecule is C[C@@H]1CC[C@]2(C(=O)O[C@@H]3O[C@H](CO)[C@@H](O)[C@H](O)[C@H]3O)CC[C@]3(C)C(=CC[C@@H]4[C@@]5(C)CC[C@H](O[C@@H]6OC[C@H](O)[C@H](O)[C@H]6O)C(C)(C)[C@@H]5CC[C@]43C)[C@@H]2[C@]1(C)O. The summed E-state index contributed by atoms with van der Waals surface area (Å²) in [6.45, 7) is 14.8. The molecule has 6 fully saturated rings. The molecular formula is C41H66O13. The van der Waals surface area contributed by atoms with Crippen LogP contribution in [0.25, 0.3) is 0 Å². The molecule has 13 nitrogen and oxygen atoms in total. The second kappa shape index (κ2) is 13.7. The van der Waals surface area contributed by atoms with E-state index in [1.807, 2.05) is 13.8 Å². The summed E-state index contributed by atoms with van der Waals surface area (Å²) in [6.07, 6.45) is -4.04. The van der Waals surface area contributed by atoms with E-state index >= 15 is 0 Å². The van der Waals surface area contributed by atoms with Crippen molar-refractivity contribution in [3.05, 3.63) is 11.6 Å². The molecule has 7 aliphatic rings. The van der Waals surface area contributed by atoms with Gasteiger partial charge in [0.1, 0.15) is 42.7 Å². The summed E-state index contributed by atoms with van der Waals surface area (Å²) in [5.41, 5.74) is -2.15. The highest BCUT2D eigenvalue weighted by atomic mass is 16.7. The van der Waals surface area contributed by atoms with Crippen molar-refractivity contribution in [2.75, 3.05) is 13.2 Å². The Morgan fingerprint density at radius 2 is 1.50 bits per heavy atom. The average Bonchev–Trinajstić information content (AvgIpc) is 3.11. The molecule has 7 rings (SSSR count). The van der Waals surface area contributed by atoms with Crippen LogP contribution in [0.4, 0.5) is 0 Å². The molecule has 0 unspecified atom stereocenters. The topological polar surface area (TPSA) is 216 Å². The Hall–Kier alpha value is -1.23. The molecule has 8 N–H and O–H groups in total. The number of carbonyl (C=O) groups is 1. The number of hydrogen-bond acceptors (Lipinski definition) is 13. The Labute approximate surface area is 319 Å². The quantitative estimate of drug-likeness (QED) is 0.114. The van der Waals surface area contributed by atoms with Gasteiger partial charge in [-0.05, 0) is 104 Å². The van der Waals surface area contributed by atoms with Gasteiger partial charge in [-0.3, -0.25) is 4.79 Å². The van der Waals surface area contributed by atoms with Gasteiger partial charge < -0.3 is 59.8 Å². The third-order valence-corrected chi connectivity index (χ3v) is 17.2. The van der Waals surface area contributed by atoms with Crippen LogP contribution in [-0.4, -0.2) is 127 Å². The minimum Gasteiger partial charge on any atom is -0.432 e. The molecule has 2 heterocycles. The second-order valence-electron chi connectivity index (χ2n) is 19.9. The zero-order chi connectivity index (χ0) is 39.6.